The van der Waals surface area contributed by atoms with Crippen LogP contribution in [0.25, 0.3) is 5.65 Å². The third-order valence-corrected chi connectivity index (χ3v) is 4.92. The second-order valence-corrected chi connectivity index (χ2v) is 6.68. The standard InChI is InChI=1S/C19H21N5O2/c1-14-10-12-21(2)15-7-3-4-8-16(15)24(14)18(25)13-23-19(26)22-11-6-5-9-17(22)20-23/h3-9,11,14H,10,12-13H2,1-2H3. The van der Waals surface area contributed by atoms with Gasteiger partial charge in [0.25, 0.3) is 0 Å². The Morgan fingerprint density at radius 1 is 1.15 bits per heavy atom. The van der Waals surface area contributed by atoms with Gasteiger partial charge in [0.1, 0.15) is 6.54 Å². The molecule has 0 spiro atoms. The highest BCUT2D eigenvalue weighted by atomic mass is 16.2. The monoisotopic (exact) mass is 351 g/mol. The minimum absolute atomic E-state index is 0.0429. The molecule has 0 radical (unpaired) electrons. The lowest BCUT2D eigenvalue weighted by molar-refractivity contribution is -0.119. The van der Waals surface area contributed by atoms with Gasteiger partial charge in [0.15, 0.2) is 5.65 Å². The lowest BCUT2D eigenvalue weighted by Crippen LogP contribution is -2.42. The third kappa shape index (κ3) is 2.65. The van der Waals surface area contributed by atoms with Crippen molar-refractivity contribution < 1.29 is 4.79 Å². The summed E-state index contributed by atoms with van der Waals surface area (Å²) in [5.74, 6) is -0.134. The van der Waals surface area contributed by atoms with Crippen LogP contribution in [0.2, 0.25) is 0 Å². The molecule has 1 aromatic carbocycles. The van der Waals surface area contributed by atoms with Gasteiger partial charge in [-0.15, -0.1) is 5.10 Å². The Kier molecular flexibility index (Phi) is 3.99. The Balaban J connectivity index is 1.71. The number of amides is 1. The number of carbonyl (C=O) groups excluding carboxylic acids is 1. The van der Waals surface area contributed by atoms with Crippen LogP contribution in [0.4, 0.5) is 11.4 Å². The second-order valence-electron chi connectivity index (χ2n) is 6.68. The summed E-state index contributed by atoms with van der Waals surface area (Å²) in [6.45, 7) is 2.83. The summed E-state index contributed by atoms with van der Waals surface area (Å²) in [6, 6.07) is 13.3. The van der Waals surface area contributed by atoms with Crippen LogP contribution in [-0.2, 0) is 11.3 Å². The van der Waals surface area contributed by atoms with E-state index in [1.165, 1.54) is 9.08 Å². The molecule has 1 atom stereocenters. The number of aromatic nitrogens is 3. The average Bonchev–Trinajstić information content (AvgIpc) is 2.89. The van der Waals surface area contributed by atoms with Crippen molar-refractivity contribution in [1.82, 2.24) is 14.2 Å². The van der Waals surface area contributed by atoms with Crippen LogP contribution in [0.3, 0.4) is 0 Å². The van der Waals surface area contributed by atoms with E-state index in [4.69, 9.17) is 0 Å². The van der Waals surface area contributed by atoms with E-state index in [1.54, 1.807) is 23.2 Å². The highest BCUT2D eigenvalue weighted by Crippen LogP contribution is 2.33. The van der Waals surface area contributed by atoms with Crippen molar-refractivity contribution >= 4 is 22.9 Å². The molecule has 0 bridgehead atoms. The number of fused-ring (bicyclic) bond motifs is 2. The van der Waals surface area contributed by atoms with Crippen molar-refractivity contribution in [2.24, 2.45) is 0 Å². The summed E-state index contributed by atoms with van der Waals surface area (Å²) < 4.78 is 2.68. The van der Waals surface area contributed by atoms with Crippen LogP contribution < -0.4 is 15.5 Å². The van der Waals surface area contributed by atoms with Gasteiger partial charge in [0.05, 0.1) is 11.4 Å². The summed E-state index contributed by atoms with van der Waals surface area (Å²) in [4.78, 5) is 29.6. The van der Waals surface area contributed by atoms with E-state index in [1.807, 2.05) is 44.3 Å². The lowest BCUT2D eigenvalue weighted by atomic mass is 10.2. The average molecular weight is 351 g/mol. The fraction of sp³-hybridized carbons (Fsp3) is 0.316. The first kappa shape index (κ1) is 16.4. The molecule has 3 heterocycles. The van der Waals surface area contributed by atoms with Gasteiger partial charge in [-0.2, -0.15) is 0 Å². The predicted octanol–water partition coefficient (Wildman–Crippen LogP) is 1.76. The Labute approximate surface area is 151 Å². The first-order valence-corrected chi connectivity index (χ1v) is 8.72. The maximum absolute atomic E-state index is 13.1. The zero-order chi connectivity index (χ0) is 18.3. The van der Waals surface area contributed by atoms with E-state index in [0.717, 1.165) is 24.3 Å². The van der Waals surface area contributed by atoms with E-state index in [-0.39, 0.29) is 24.2 Å². The fourth-order valence-corrected chi connectivity index (χ4v) is 3.51. The number of hydrogen-bond acceptors (Lipinski definition) is 4. The molecule has 3 aromatic rings. The van der Waals surface area contributed by atoms with Gasteiger partial charge in [-0.1, -0.05) is 18.2 Å². The van der Waals surface area contributed by atoms with Crippen molar-refractivity contribution in [3.8, 4) is 0 Å². The second kappa shape index (κ2) is 6.33. The molecular weight excluding hydrogens is 330 g/mol. The zero-order valence-electron chi connectivity index (χ0n) is 14.9. The zero-order valence-corrected chi connectivity index (χ0v) is 14.9. The minimum Gasteiger partial charge on any atom is -0.373 e. The molecular formula is C19H21N5O2. The first-order valence-electron chi connectivity index (χ1n) is 8.72. The minimum atomic E-state index is -0.304. The van der Waals surface area contributed by atoms with Crippen molar-refractivity contribution in [1.29, 1.82) is 0 Å². The highest BCUT2D eigenvalue weighted by Gasteiger charge is 2.29. The molecule has 1 unspecified atom stereocenters. The summed E-state index contributed by atoms with van der Waals surface area (Å²) >= 11 is 0. The molecule has 1 amide bonds. The molecule has 0 aliphatic carbocycles. The molecule has 7 heteroatoms. The van der Waals surface area contributed by atoms with E-state index in [0.29, 0.717) is 5.65 Å². The summed E-state index contributed by atoms with van der Waals surface area (Å²) in [6.07, 6.45) is 2.52. The maximum atomic E-state index is 13.1. The third-order valence-electron chi connectivity index (χ3n) is 4.92. The van der Waals surface area contributed by atoms with Crippen LogP contribution in [0.5, 0.6) is 0 Å². The van der Waals surface area contributed by atoms with Crippen molar-refractivity contribution in [2.45, 2.75) is 25.9 Å². The molecule has 0 saturated heterocycles. The maximum Gasteiger partial charge on any atom is 0.350 e. The quantitative estimate of drug-likeness (QED) is 0.706. The van der Waals surface area contributed by atoms with Gasteiger partial charge in [-0.05, 0) is 37.6 Å². The van der Waals surface area contributed by atoms with Crippen molar-refractivity contribution in [2.75, 3.05) is 23.4 Å². The van der Waals surface area contributed by atoms with Crippen LogP contribution in [0.15, 0.2) is 53.5 Å². The van der Waals surface area contributed by atoms with Crippen molar-refractivity contribution in [3.05, 3.63) is 59.1 Å². The van der Waals surface area contributed by atoms with E-state index in [2.05, 4.69) is 10.00 Å². The van der Waals surface area contributed by atoms with Gasteiger partial charge in [0.2, 0.25) is 5.91 Å². The molecule has 134 valence electrons. The summed E-state index contributed by atoms with van der Waals surface area (Å²) in [5.41, 5.74) is 2.13. The van der Waals surface area contributed by atoms with Crippen LogP contribution in [-0.4, -0.2) is 39.7 Å². The number of rotatable bonds is 2. The normalized spacial score (nSPS) is 17.2. The number of pyridine rings is 1. The molecule has 2 aromatic heterocycles. The van der Waals surface area contributed by atoms with Gasteiger partial charge in [0, 0.05) is 25.8 Å². The summed E-state index contributed by atoms with van der Waals surface area (Å²) in [7, 11) is 2.03. The van der Waals surface area contributed by atoms with Gasteiger partial charge in [-0.3, -0.25) is 9.20 Å². The molecule has 1 aliphatic rings. The van der Waals surface area contributed by atoms with E-state index in [9.17, 15) is 9.59 Å². The van der Waals surface area contributed by atoms with E-state index < -0.39 is 0 Å². The van der Waals surface area contributed by atoms with Gasteiger partial charge < -0.3 is 9.80 Å². The Hall–Kier alpha value is -3.09. The van der Waals surface area contributed by atoms with Crippen LogP contribution in [0, 0.1) is 0 Å². The molecule has 0 N–H and O–H groups in total. The smallest absolute Gasteiger partial charge is 0.350 e. The summed E-state index contributed by atoms with van der Waals surface area (Å²) in [5, 5.41) is 4.28. The molecule has 0 fully saturated rings. The Bertz CT molecular complexity index is 1020. The number of hydrogen-bond donors (Lipinski definition) is 0. The molecule has 26 heavy (non-hydrogen) atoms. The van der Waals surface area contributed by atoms with Gasteiger partial charge >= 0.3 is 5.69 Å². The topological polar surface area (TPSA) is 62.9 Å². The number of nitrogens with zero attached hydrogens (tertiary/aromatic N) is 5. The Morgan fingerprint density at radius 3 is 2.65 bits per heavy atom. The number of anilines is 2. The fourth-order valence-electron chi connectivity index (χ4n) is 3.51. The van der Waals surface area contributed by atoms with Gasteiger partial charge in [-0.25, -0.2) is 9.48 Å². The SMILES string of the molecule is CC1CCN(C)c2ccccc2N1C(=O)Cn1nc2ccccn2c1=O. The largest absolute Gasteiger partial charge is 0.373 e. The number of para-hydroxylation sites is 2. The number of carbonyl (C=O) groups is 1. The van der Waals surface area contributed by atoms with Crippen LogP contribution >= 0.6 is 0 Å². The predicted molar refractivity (Wildman–Crippen MR) is 101 cm³/mol. The number of benzene rings is 1. The van der Waals surface area contributed by atoms with Crippen LogP contribution in [0.1, 0.15) is 13.3 Å². The molecule has 4 rings (SSSR count). The highest BCUT2D eigenvalue weighted by molar-refractivity contribution is 5.97. The van der Waals surface area contributed by atoms with E-state index >= 15 is 0 Å². The Morgan fingerprint density at radius 2 is 1.88 bits per heavy atom. The first-order chi connectivity index (χ1) is 12.6. The van der Waals surface area contributed by atoms with Crippen molar-refractivity contribution in [3.63, 3.8) is 0 Å². The molecule has 7 nitrogen and oxygen atoms in total. The molecule has 0 saturated carbocycles. The molecule has 1 aliphatic heterocycles. The lowest BCUT2D eigenvalue weighted by Gasteiger charge is -2.28.